The Kier molecular flexibility index (Phi) is 3.98. The van der Waals surface area contributed by atoms with Crippen molar-refractivity contribution in [1.29, 1.82) is 0 Å². The van der Waals surface area contributed by atoms with Crippen molar-refractivity contribution in [2.45, 2.75) is 19.9 Å². The number of aromatic nitrogens is 1. The lowest BCUT2D eigenvalue weighted by atomic mass is 10.0. The van der Waals surface area contributed by atoms with E-state index in [4.69, 9.17) is 5.11 Å². The van der Waals surface area contributed by atoms with Crippen LogP contribution >= 0.6 is 0 Å². The molecule has 0 saturated heterocycles. The van der Waals surface area contributed by atoms with Crippen LogP contribution in [0, 0.1) is 5.92 Å². The number of carboxylic acids is 1. The second-order valence-electron chi connectivity index (χ2n) is 4.80. The number of carbonyl (C=O) groups is 2. The third kappa shape index (κ3) is 2.77. The van der Waals surface area contributed by atoms with E-state index >= 15 is 0 Å². The molecule has 0 radical (unpaired) electrons. The lowest BCUT2D eigenvalue weighted by Gasteiger charge is -2.18. The minimum atomic E-state index is -0.936. The summed E-state index contributed by atoms with van der Waals surface area (Å²) in [6, 6.07) is 6.99. The molecule has 1 aromatic carbocycles. The Bertz CT molecular complexity index is 649. The van der Waals surface area contributed by atoms with Gasteiger partial charge in [-0.1, -0.05) is 24.3 Å². The van der Waals surface area contributed by atoms with Crippen LogP contribution in [0.4, 0.5) is 0 Å². The minimum Gasteiger partial charge on any atom is -0.481 e. The van der Waals surface area contributed by atoms with Gasteiger partial charge in [0, 0.05) is 23.8 Å². The van der Waals surface area contributed by atoms with E-state index in [1.165, 1.54) is 6.20 Å². The van der Waals surface area contributed by atoms with Crippen LogP contribution in [0.3, 0.4) is 0 Å². The molecule has 2 unspecified atom stereocenters. The van der Waals surface area contributed by atoms with Crippen LogP contribution in [0.25, 0.3) is 10.8 Å². The number of pyridine rings is 1. The predicted octanol–water partition coefficient (Wildman–Crippen LogP) is 2.07. The zero-order chi connectivity index (χ0) is 14.7. The molecular weight excluding hydrogens is 256 g/mol. The number of nitrogens with one attached hydrogen (secondary N) is 1. The van der Waals surface area contributed by atoms with E-state index in [1.807, 2.05) is 24.3 Å². The number of nitrogens with zero attached hydrogens (tertiary/aromatic N) is 1. The molecule has 104 valence electrons. The summed E-state index contributed by atoms with van der Waals surface area (Å²) in [5.41, 5.74) is 0.451. The molecule has 2 atom stereocenters. The molecule has 0 bridgehead atoms. The summed E-state index contributed by atoms with van der Waals surface area (Å²) in [6.07, 6.45) is 3.19. The topological polar surface area (TPSA) is 79.3 Å². The predicted molar refractivity (Wildman–Crippen MR) is 75.5 cm³/mol. The SMILES string of the molecule is CC(NC(=O)c1cncc2ccccc12)C(C)C(=O)O. The standard InChI is InChI=1S/C15H16N2O3/c1-9(15(19)20)10(2)17-14(18)13-8-16-7-11-5-3-4-6-12(11)13/h3-10H,1-2H3,(H,17,18)(H,19,20). The number of hydrogen-bond acceptors (Lipinski definition) is 3. The van der Waals surface area contributed by atoms with Crippen LogP contribution < -0.4 is 5.32 Å². The highest BCUT2D eigenvalue weighted by Crippen LogP contribution is 2.17. The summed E-state index contributed by atoms with van der Waals surface area (Å²) < 4.78 is 0. The first kappa shape index (κ1) is 14.0. The summed E-state index contributed by atoms with van der Waals surface area (Å²) >= 11 is 0. The Hall–Kier alpha value is -2.43. The Morgan fingerprint density at radius 2 is 1.90 bits per heavy atom. The van der Waals surface area contributed by atoms with E-state index in [0.717, 1.165) is 10.8 Å². The number of carboxylic acid groups (broad SMARTS) is 1. The maximum absolute atomic E-state index is 12.3. The highest BCUT2D eigenvalue weighted by Gasteiger charge is 2.22. The summed E-state index contributed by atoms with van der Waals surface area (Å²) in [4.78, 5) is 27.2. The van der Waals surface area contributed by atoms with E-state index in [-0.39, 0.29) is 5.91 Å². The molecule has 5 nitrogen and oxygen atoms in total. The largest absolute Gasteiger partial charge is 0.481 e. The third-order valence-electron chi connectivity index (χ3n) is 3.41. The van der Waals surface area contributed by atoms with Gasteiger partial charge in [0.2, 0.25) is 0 Å². The Labute approximate surface area is 116 Å². The van der Waals surface area contributed by atoms with Gasteiger partial charge in [-0.15, -0.1) is 0 Å². The summed E-state index contributed by atoms with van der Waals surface area (Å²) in [5, 5.41) is 13.3. The van der Waals surface area contributed by atoms with Crippen LogP contribution in [0.15, 0.2) is 36.7 Å². The van der Waals surface area contributed by atoms with Gasteiger partial charge in [0.15, 0.2) is 0 Å². The van der Waals surface area contributed by atoms with Gasteiger partial charge in [-0.25, -0.2) is 0 Å². The first-order chi connectivity index (χ1) is 9.50. The monoisotopic (exact) mass is 272 g/mol. The van der Waals surface area contributed by atoms with Crippen LogP contribution in [-0.2, 0) is 4.79 Å². The fourth-order valence-electron chi connectivity index (χ4n) is 1.92. The molecule has 1 amide bonds. The molecule has 0 spiro atoms. The average molecular weight is 272 g/mol. The van der Waals surface area contributed by atoms with Gasteiger partial charge in [-0.05, 0) is 19.2 Å². The third-order valence-corrected chi connectivity index (χ3v) is 3.41. The highest BCUT2D eigenvalue weighted by molar-refractivity contribution is 6.06. The van der Waals surface area contributed by atoms with Crippen molar-refractivity contribution < 1.29 is 14.7 Å². The second-order valence-corrected chi connectivity index (χ2v) is 4.80. The van der Waals surface area contributed by atoms with Crippen molar-refractivity contribution in [2.24, 2.45) is 5.92 Å². The van der Waals surface area contributed by atoms with Gasteiger partial charge in [0.05, 0.1) is 11.5 Å². The molecule has 0 aliphatic heterocycles. The van der Waals surface area contributed by atoms with Gasteiger partial charge in [0.25, 0.3) is 5.91 Å². The Balaban J connectivity index is 2.26. The van der Waals surface area contributed by atoms with Crippen LogP contribution in [0.5, 0.6) is 0 Å². The average Bonchev–Trinajstić information content (AvgIpc) is 2.45. The maximum Gasteiger partial charge on any atom is 0.308 e. The molecule has 2 aromatic rings. The van der Waals surface area contributed by atoms with E-state index in [9.17, 15) is 9.59 Å². The molecule has 0 saturated carbocycles. The number of hydrogen-bond donors (Lipinski definition) is 2. The lowest BCUT2D eigenvalue weighted by molar-refractivity contribution is -0.141. The summed E-state index contributed by atoms with van der Waals surface area (Å²) in [6.45, 7) is 3.24. The Morgan fingerprint density at radius 1 is 1.20 bits per heavy atom. The van der Waals surface area contributed by atoms with Crippen molar-refractivity contribution in [3.63, 3.8) is 0 Å². The number of amides is 1. The molecule has 5 heteroatoms. The molecule has 1 heterocycles. The number of rotatable bonds is 4. The van der Waals surface area contributed by atoms with E-state index in [0.29, 0.717) is 5.56 Å². The fourth-order valence-corrected chi connectivity index (χ4v) is 1.92. The molecule has 0 aliphatic carbocycles. The second kappa shape index (κ2) is 5.69. The molecular formula is C15H16N2O3. The van der Waals surface area contributed by atoms with Gasteiger partial charge in [0.1, 0.15) is 0 Å². The van der Waals surface area contributed by atoms with Crippen molar-refractivity contribution >= 4 is 22.6 Å². The van der Waals surface area contributed by atoms with Crippen molar-refractivity contribution in [1.82, 2.24) is 10.3 Å². The number of benzene rings is 1. The summed E-state index contributed by atoms with van der Waals surface area (Å²) in [7, 11) is 0. The number of fused-ring (bicyclic) bond motifs is 1. The number of carbonyl (C=O) groups excluding carboxylic acids is 1. The fraction of sp³-hybridized carbons (Fsp3) is 0.267. The van der Waals surface area contributed by atoms with Crippen molar-refractivity contribution in [3.8, 4) is 0 Å². The normalized spacial score (nSPS) is 13.7. The van der Waals surface area contributed by atoms with Gasteiger partial charge < -0.3 is 10.4 Å². The van der Waals surface area contributed by atoms with E-state index in [2.05, 4.69) is 10.3 Å². The zero-order valence-electron chi connectivity index (χ0n) is 11.3. The smallest absolute Gasteiger partial charge is 0.308 e. The molecule has 20 heavy (non-hydrogen) atoms. The molecule has 2 rings (SSSR count). The van der Waals surface area contributed by atoms with Crippen LogP contribution in [-0.4, -0.2) is 28.0 Å². The quantitative estimate of drug-likeness (QED) is 0.893. The van der Waals surface area contributed by atoms with E-state index < -0.39 is 17.9 Å². The molecule has 0 aliphatic rings. The minimum absolute atomic E-state index is 0.310. The zero-order valence-corrected chi connectivity index (χ0v) is 11.3. The van der Waals surface area contributed by atoms with Gasteiger partial charge in [-0.3, -0.25) is 14.6 Å². The molecule has 1 aromatic heterocycles. The highest BCUT2D eigenvalue weighted by atomic mass is 16.4. The first-order valence-electron chi connectivity index (χ1n) is 6.37. The molecule has 2 N–H and O–H groups in total. The first-order valence-corrected chi connectivity index (χ1v) is 6.37. The number of aliphatic carboxylic acids is 1. The van der Waals surface area contributed by atoms with Crippen molar-refractivity contribution in [3.05, 3.63) is 42.2 Å². The summed E-state index contributed by atoms with van der Waals surface area (Å²) in [5.74, 6) is -1.90. The van der Waals surface area contributed by atoms with Crippen LogP contribution in [0.1, 0.15) is 24.2 Å². The van der Waals surface area contributed by atoms with Crippen LogP contribution in [0.2, 0.25) is 0 Å². The molecule has 0 fully saturated rings. The maximum atomic E-state index is 12.3. The van der Waals surface area contributed by atoms with Gasteiger partial charge >= 0.3 is 5.97 Å². The Morgan fingerprint density at radius 3 is 2.60 bits per heavy atom. The van der Waals surface area contributed by atoms with Crippen molar-refractivity contribution in [2.75, 3.05) is 0 Å². The van der Waals surface area contributed by atoms with Gasteiger partial charge in [-0.2, -0.15) is 0 Å². The van der Waals surface area contributed by atoms with E-state index in [1.54, 1.807) is 20.0 Å². The lowest BCUT2D eigenvalue weighted by Crippen LogP contribution is -2.40.